The minimum Gasteiger partial charge on any atom is -0.252 e. The maximum atomic E-state index is 8.72. The Hall–Kier alpha value is -2.50. The van der Waals surface area contributed by atoms with Crippen molar-refractivity contribution in [2.24, 2.45) is 0 Å². The monoisotopic (exact) mass is 195 g/mol. The minimum absolute atomic E-state index is 0.0701. The van der Waals surface area contributed by atoms with Crippen LogP contribution in [0.3, 0.4) is 0 Å². The van der Waals surface area contributed by atoms with Gasteiger partial charge in [-0.3, -0.25) is 5.41 Å². The average molecular weight is 195 g/mol. The van der Waals surface area contributed by atoms with Crippen molar-refractivity contribution in [1.82, 2.24) is 5.10 Å². The number of fused-ring (bicyclic) bond motifs is 1. The molecule has 0 unspecified atom stereocenters. The van der Waals surface area contributed by atoms with Crippen molar-refractivity contribution in [3.8, 4) is 6.07 Å². The van der Waals surface area contributed by atoms with Crippen LogP contribution < -0.4 is 4.68 Å². The van der Waals surface area contributed by atoms with Crippen LogP contribution in [0.1, 0.15) is 0 Å². The molecule has 1 heterocycles. The van der Waals surface area contributed by atoms with E-state index in [1.165, 1.54) is 4.68 Å². The predicted octanol–water partition coefficient (Wildman–Crippen LogP) is 1.14. The van der Waals surface area contributed by atoms with E-state index in [0.29, 0.717) is 0 Å². The van der Waals surface area contributed by atoms with Crippen LogP contribution in [-0.2, 0) is 0 Å². The second-order valence-electron chi connectivity index (χ2n) is 2.93. The first-order chi connectivity index (χ1) is 7.35. The third-order valence-electron chi connectivity index (χ3n) is 2.03. The number of aromatic nitrogens is 2. The van der Waals surface area contributed by atoms with Gasteiger partial charge in [-0.1, -0.05) is 18.2 Å². The Morgan fingerprint density at radius 1 is 1.33 bits per heavy atom. The molecule has 15 heavy (non-hydrogen) atoms. The highest BCUT2D eigenvalue weighted by molar-refractivity contribution is 5.82. The fourth-order valence-corrected chi connectivity index (χ4v) is 1.29. The third kappa shape index (κ3) is 1.60. The first kappa shape index (κ1) is 9.07. The van der Waals surface area contributed by atoms with Gasteiger partial charge >= 0.3 is 5.70 Å². The Morgan fingerprint density at radius 2 is 2.07 bits per heavy atom. The number of nitriles is 1. The quantitative estimate of drug-likeness (QED) is 0.421. The zero-order valence-corrected chi connectivity index (χ0v) is 7.81. The van der Waals surface area contributed by atoms with Gasteiger partial charge in [-0.2, -0.15) is 5.26 Å². The van der Waals surface area contributed by atoms with Gasteiger partial charge in [0.05, 0.1) is 11.3 Å². The van der Waals surface area contributed by atoms with Gasteiger partial charge in [-0.05, 0) is 15.8 Å². The maximum Gasteiger partial charge on any atom is 0.376 e. The Kier molecular flexibility index (Phi) is 2.24. The molecule has 0 bridgehead atoms. The molecular weight excluding hydrogens is 188 g/mol. The summed E-state index contributed by atoms with van der Waals surface area (Å²) in [5.41, 5.74) is 0.0701. The Balaban J connectivity index is 2.67. The largest absolute Gasteiger partial charge is 0.376 e. The summed E-state index contributed by atoms with van der Waals surface area (Å²) in [5, 5.41) is 21.6. The molecule has 1 aromatic carbocycles. The van der Waals surface area contributed by atoms with Crippen LogP contribution in [0.4, 0.5) is 0 Å². The lowest BCUT2D eigenvalue weighted by atomic mass is 10.2. The summed E-state index contributed by atoms with van der Waals surface area (Å²) in [6.07, 6.45) is 3.36. The lowest BCUT2D eigenvalue weighted by molar-refractivity contribution is -0.640. The molecule has 0 amide bonds. The Labute approximate surface area is 86.2 Å². The number of rotatable bonds is 1. The van der Waals surface area contributed by atoms with E-state index in [0.717, 1.165) is 10.8 Å². The van der Waals surface area contributed by atoms with E-state index in [1.807, 2.05) is 36.2 Å². The summed E-state index contributed by atoms with van der Waals surface area (Å²) in [7, 11) is 0. The Morgan fingerprint density at radius 3 is 2.73 bits per heavy atom. The molecule has 0 aliphatic rings. The standard InChI is InChI=1S/C11H7N4/c12-5-11(6-13)15-8-10-4-2-1-3-9(10)7-14-15/h1-4,7-8,12H/q+1. The van der Waals surface area contributed by atoms with Gasteiger partial charge in [-0.25, -0.2) is 0 Å². The number of benzene rings is 1. The summed E-state index contributed by atoms with van der Waals surface area (Å²) in [5.74, 6) is 2.04. The van der Waals surface area contributed by atoms with Gasteiger partial charge < -0.3 is 0 Å². The molecule has 0 fully saturated rings. The smallest absolute Gasteiger partial charge is 0.252 e. The second kappa shape index (κ2) is 3.70. The molecule has 0 saturated carbocycles. The molecule has 0 radical (unpaired) electrons. The van der Waals surface area contributed by atoms with E-state index in [2.05, 4.69) is 5.10 Å². The van der Waals surface area contributed by atoms with E-state index >= 15 is 0 Å². The van der Waals surface area contributed by atoms with Crippen molar-refractivity contribution < 1.29 is 4.68 Å². The van der Waals surface area contributed by atoms with Crippen molar-refractivity contribution in [3.63, 3.8) is 0 Å². The van der Waals surface area contributed by atoms with Gasteiger partial charge in [-0.15, -0.1) is 0 Å². The summed E-state index contributed by atoms with van der Waals surface area (Å²) in [4.78, 5) is 0. The van der Waals surface area contributed by atoms with E-state index in [-0.39, 0.29) is 5.70 Å². The van der Waals surface area contributed by atoms with Crippen LogP contribution in [0.5, 0.6) is 0 Å². The zero-order valence-electron chi connectivity index (χ0n) is 7.81. The van der Waals surface area contributed by atoms with E-state index in [4.69, 9.17) is 10.7 Å². The average Bonchev–Trinajstić information content (AvgIpc) is 2.30. The molecule has 4 heteroatoms. The molecule has 2 aromatic rings. The molecule has 2 rings (SSSR count). The normalized spacial score (nSPS) is 9.27. The van der Waals surface area contributed by atoms with Crippen LogP contribution in [0.15, 0.2) is 36.7 Å². The fraction of sp³-hybridized carbons (Fsp3) is 0. The summed E-state index contributed by atoms with van der Waals surface area (Å²) in [6.45, 7) is 0. The van der Waals surface area contributed by atoms with Crippen LogP contribution >= 0.6 is 0 Å². The molecule has 0 aliphatic carbocycles. The molecule has 0 aliphatic heterocycles. The van der Waals surface area contributed by atoms with Crippen molar-refractivity contribution in [2.45, 2.75) is 0 Å². The second-order valence-corrected chi connectivity index (χ2v) is 2.93. The van der Waals surface area contributed by atoms with E-state index < -0.39 is 0 Å². The third-order valence-corrected chi connectivity index (χ3v) is 2.03. The van der Waals surface area contributed by atoms with E-state index in [9.17, 15) is 0 Å². The molecular formula is C11H7N4+. The van der Waals surface area contributed by atoms with Gasteiger partial charge in [0.15, 0.2) is 6.07 Å². The first-order valence-corrected chi connectivity index (χ1v) is 4.32. The van der Waals surface area contributed by atoms with Gasteiger partial charge in [0, 0.05) is 5.39 Å². The number of nitrogens with one attached hydrogen (secondary N) is 1. The lowest BCUT2D eigenvalue weighted by Crippen LogP contribution is -2.35. The molecule has 70 valence electrons. The predicted molar refractivity (Wildman–Crippen MR) is 55.0 cm³/mol. The highest BCUT2D eigenvalue weighted by Crippen LogP contribution is 2.08. The SMILES string of the molecule is N#CC(=C=N)[n+]1cc2ccccc2cn1. The molecule has 0 saturated heterocycles. The number of nitrogens with zero attached hydrogens (tertiary/aromatic N) is 3. The molecule has 4 nitrogen and oxygen atoms in total. The van der Waals surface area contributed by atoms with Gasteiger partial charge in [0.2, 0.25) is 6.20 Å². The topological polar surface area (TPSA) is 64.4 Å². The van der Waals surface area contributed by atoms with Crippen molar-refractivity contribution in [1.29, 1.82) is 10.7 Å². The van der Waals surface area contributed by atoms with Crippen LogP contribution in [0.25, 0.3) is 16.5 Å². The number of hydrogen-bond donors (Lipinski definition) is 1. The summed E-state index contributed by atoms with van der Waals surface area (Å²) in [6, 6.07) is 9.54. The van der Waals surface area contributed by atoms with Crippen LogP contribution in [0.2, 0.25) is 0 Å². The van der Waals surface area contributed by atoms with Gasteiger partial charge in [0.25, 0.3) is 0 Å². The summed E-state index contributed by atoms with van der Waals surface area (Å²) < 4.78 is 1.34. The lowest BCUT2D eigenvalue weighted by Gasteiger charge is -1.92. The van der Waals surface area contributed by atoms with Crippen molar-refractivity contribution in [2.75, 3.05) is 0 Å². The van der Waals surface area contributed by atoms with Crippen LogP contribution in [-0.4, -0.2) is 11.0 Å². The highest BCUT2D eigenvalue weighted by Gasteiger charge is 2.11. The summed E-state index contributed by atoms with van der Waals surface area (Å²) >= 11 is 0. The maximum absolute atomic E-state index is 8.72. The number of hydrogen-bond acceptors (Lipinski definition) is 3. The number of allylic oxidation sites excluding steroid dienone is 1. The molecule has 1 N–H and O–H groups in total. The van der Waals surface area contributed by atoms with E-state index in [1.54, 1.807) is 12.4 Å². The van der Waals surface area contributed by atoms with Crippen molar-refractivity contribution >= 4 is 22.3 Å². The zero-order chi connectivity index (χ0) is 10.7. The molecule has 0 atom stereocenters. The highest BCUT2D eigenvalue weighted by atomic mass is 15.3. The Bertz CT molecular complexity index is 603. The first-order valence-electron chi connectivity index (χ1n) is 4.32. The van der Waals surface area contributed by atoms with Crippen LogP contribution in [0, 0.1) is 16.7 Å². The molecule has 1 aromatic heterocycles. The fourth-order valence-electron chi connectivity index (χ4n) is 1.29. The van der Waals surface area contributed by atoms with Gasteiger partial charge in [0.1, 0.15) is 6.20 Å². The molecule has 0 spiro atoms. The minimum atomic E-state index is 0.0701. The van der Waals surface area contributed by atoms with Crippen molar-refractivity contribution in [3.05, 3.63) is 36.7 Å².